The van der Waals surface area contributed by atoms with Crippen LogP contribution >= 0.6 is 11.6 Å². The highest BCUT2D eigenvalue weighted by Crippen LogP contribution is 2.31. The first-order valence-corrected chi connectivity index (χ1v) is 14.6. The van der Waals surface area contributed by atoms with Gasteiger partial charge in [-0.2, -0.15) is 0 Å². The van der Waals surface area contributed by atoms with E-state index in [9.17, 15) is 24.0 Å². The van der Waals surface area contributed by atoms with E-state index in [2.05, 4.69) is 10.3 Å². The Hall–Kier alpha value is -4.37. The Morgan fingerprint density at radius 2 is 1.46 bits per heavy atom. The maximum absolute atomic E-state index is 13.1. The topological polar surface area (TPSA) is 174 Å². The van der Waals surface area contributed by atoms with Crippen molar-refractivity contribution in [1.29, 1.82) is 0 Å². The summed E-state index contributed by atoms with van der Waals surface area (Å²) >= 11 is 6.26. The molecule has 0 aliphatic carbocycles. The second-order valence-corrected chi connectivity index (χ2v) is 10.6. The molecule has 4 rings (SSSR count). The van der Waals surface area contributed by atoms with Crippen LogP contribution in [-0.2, 0) is 57.1 Å². The minimum Gasteiger partial charge on any atom is -0.463 e. The van der Waals surface area contributed by atoms with Crippen LogP contribution < -0.4 is 5.32 Å². The summed E-state index contributed by atoms with van der Waals surface area (Å²) in [5.41, 5.74) is 2.30. The van der Waals surface area contributed by atoms with Crippen LogP contribution in [0.4, 0.5) is 5.69 Å². The first-order chi connectivity index (χ1) is 21.9. The van der Waals surface area contributed by atoms with Gasteiger partial charge < -0.3 is 38.5 Å². The molecule has 0 saturated carbocycles. The molecule has 2 aromatic rings. The third-order valence-corrected chi connectivity index (χ3v) is 6.84. The Kier molecular flexibility index (Phi) is 11.8. The van der Waals surface area contributed by atoms with E-state index in [1.165, 1.54) is 6.92 Å². The number of benzene rings is 2. The van der Waals surface area contributed by atoms with Gasteiger partial charge in [-0.15, -0.1) is 0 Å². The van der Waals surface area contributed by atoms with E-state index in [0.29, 0.717) is 22.0 Å². The van der Waals surface area contributed by atoms with Crippen molar-refractivity contribution in [3.05, 3.63) is 64.7 Å². The van der Waals surface area contributed by atoms with Gasteiger partial charge in [0.1, 0.15) is 12.7 Å². The minimum absolute atomic E-state index is 0.201. The third kappa shape index (κ3) is 9.10. The lowest BCUT2D eigenvalue weighted by molar-refractivity contribution is -0.309. The second-order valence-electron chi connectivity index (χ2n) is 10.2. The number of fused-ring (bicyclic) bond motifs is 1. The minimum atomic E-state index is -1.40. The highest BCUT2D eigenvalue weighted by molar-refractivity contribution is 6.32. The van der Waals surface area contributed by atoms with Crippen molar-refractivity contribution in [3.8, 4) is 0 Å². The van der Waals surface area contributed by atoms with Crippen LogP contribution in [0.2, 0.25) is 5.02 Å². The van der Waals surface area contributed by atoms with Gasteiger partial charge in [0.15, 0.2) is 24.6 Å². The zero-order valence-corrected chi connectivity index (χ0v) is 26.2. The van der Waals surface area contributed by atoms with Crippen LogP contribution in [0.15, 0.2) is 53.5 Å². The standard InChI is InChI=1S/C31H33ClN2O12/c1-16(35)42-15-24-26(43-17(2)36)27(44-18(3)37)28(45-19(4)38)31(46-24)41-13-12-40-30-29(39)33-23-11-10-21(32)14-22(23)25(34-30)20-8-6-5-7-9-20/h5-11,14,24,26-28,30-31H,12-13,15H2,1-4H3,(H,33,39)/t24-,26-,27+,28-,30?,31+/m1/s1. The van der Waals surface area contributed by atoms with Gasteiger partial charge in [0, 0.05) is 43.8 Å². The molecule has 1 N–H and O–H groups in total. The molecule has 1 unspecified atom stereocenters. The predicted molar refractivity (Wildman–Crippen MR) is 160 cm³/mol. The van der Waals surface area contributed by atoms with Crippen LogP contribution in [0.5, 0.6) is 0 Å². The van der Waals surface area contributed by atoms with E-state index >= 15 is 0 Å². The molecule has 0 radical (unpaired) electrons. The summed E-state index contributed by atoms with van der Waals surface area (Å²) in [4.78, 5) is 65.2. The summed E-state index contributed by atoms with van der Waals surface area (Å²) in [6.07, 6.45) is -7.98. The predicted octanol–water partition coefficient (Wildman–Crippen LogP) is 2.57. The van der Waals surface area contributed by atoms with Gasteiger partial charge in [-0.3, -0.25) is 24.0 Å². The summed E-state index contributed by atoms with van der Waals surface area (Å²) in [5, 5.41) is 3.25. The lowest BCUT2D eigenvalue weighted by Crippen LogP contribution is -2.63. The Morgan fingerprint density at radius 1 is 0.826 bits per heavy atom. The molecule has 0 spiro atoms. The highest BCUT2D eigenvalue weighted by atomic mass is 35.5. The van der Waals surface area contributed by atoms with Crippen LogP contribution in [0, 0.1) is 0 Å². The number of esters is 4. The van der Waals surface area contributed by atoms with Crippen molar-refractivity contribution in [2.24, 2.45) is 4.99 Å². The zero-order chi connectivity index (χ0) is 33.4. The Balaban J connectivity index is 1.54. The number of halogens is 1. The first kappa shape index (κ1) is 34.5. The van der Waals surface area contributed by atoms with Gasteiger partial charge in [0.25, 0.3) is 5.91 Å². The molecule has 46 heavy (non-hydrogen) atoms. The van der Waals surface area contributed by atoms with Crippen LogP contribution in [0.3, 0.4) is 0 Å². The summed E-state index contributed by atoms with van der Waals surface area (Å²) in [5.74, 6) is -3.49. The molecule has 0 aromatic heterocycles. The average molecular weight is 661 g/mol. The molecule has 2 aliphatic heterocycles. The van der Waals surface area contributed by atoms with Crippen LogP contribution in [-0.4, -0.2) is 92.3 Å². The molecule has 15 heteroatoms. The smallest absolute Gasteiger partial charge is 0.303 e. The largest absolute Gasteiger partial charge is 0.463 e. The van der Waals surface area contributed by atoms with Crippen molar-refractivity contribution in [1.82, 2.24) is 0 Å². The number of amides is 1. The van der Waals surface area contributed by atoms with Gasteiger partial charge in [-0.05, 0) is 18.2 Å². The molecular weight excluding hydrogens is 628 g/mol. The van der Waals surface area contributed by atoms with E-state index in [0.717, 1.165) is 26.3 Å². The molecule has 1 fully saturated rings. The number of aliphatic imine (C=N–C) groups is 1. The van der Waals surface area contributed by atoms with Crippen molar-refractivity contribution >= 4 is 52.8 Å². The number of carbonyl (C=O) groups excluding carboxylic acids is 5. The normalized spacial score (nSPS) is 23.9. The van der Waals surface area contributed by atoms with Gasteiger partial charge in [0.05, 0.1) is 24.6 Å². The molecule has 1 saturated heterocycles. The Bertz CT molecular complexity index is 1480. The number of nitrogens with one attached hydrogen (secondary N) is 1. The Morgan fingerprint density at radius 3 is 2.11 bits per heavy atom. The van der Waals surface area contributed by atoms with E-state index in [1.54, 1.807) is 18.2 Å². The number of hydrogen-bond donors (Lipinski definition) is 1. The fourth-order valence-corrected chi connectivity index (χ4v) is 5.02. The summed E-state index contributed by atoms with van der Waals surface area (Å²) in [6.45, 7) is 3.69. The zero-order valence-electron chi connectivity index (χ0n) is 25.4. The number of ether oxygens (including phenoxy) is 7. The van der Waals surface area contributed by atoms with Crippen LogP contribution in [0.1, 0.15) is 38.8 Å². The molecule has 1 amide bonds. The van der Waals surface area contributed by atoms with Gasteiger partial charge >= 0.3 is 23.9 Å². The van der Waals surface area contributed by atoms with Crippen molar-refractivity contribution < 1.29 is 57.1 Å². The number of nitrogens with zero attached hydrogens (tertiary/aromatic N) is 1. The number of benzodiazepines with no additional fused rings is 1. The van der Waals surface area contributed by atoms with E-state index < -0.39 is 73.3 Å². The Labute approximate surface area is 269 Å². The van der Waals surface area contributed by atoms with Crippen molar-refractivity contribution in [3.63, 3.8) is 0 Å². The van der Waals surface area contributed by atoms with Crippen LogP contribution in [0.25, 0.3) is 0 Å². The van der Waals surface area contributed by atoms with E-state index in [1.807, 2.05) is 30.3 Å². The molecule has 2 aliphatic rings. The number of carbonyl (C=O) groups is 5. The summed E-state index contributed by atoms with van der Waals surface area (Å²) < 4.78 is 38.8. The maximum atomic E-state index is 13.1. The van der Waals surface area contributed by atoms with Gasteiger partial charge in [-0.1, -0.05) is 41.9 Å². The van der Waals surface area contributed by atoms with Gasteiger partial charge in [0.2, 0.25) is 6.23 Å². The molecular formula is C31H33ClN2O12. The fourth-order valence-electron chi connectivity index (χ4n) is 4.85. The fraction of sp³-hybridized carbons (Fsp3) is 0.419. The molecule has 2 heterocycles. The summed E-state index contributed by atoms with van der Waals surface area (Å²) in [6, 6.07) is 14.2. The number of hydrogen-bond acceptors (Lipinski definition) is 13. The molecule has 2 aromatic carbocycles. The summed E-state index contributed by atoms with van der Waals surface area (Å²) in [7, 11) is 0. The molecule has 0 bridgehead atoms. The second kappa shape index (κ2) is 15.8. The van der Waals surface area contributed by atoms with Crippen molar-refractivity contribution in [2.45, 2.75) is 64.6 Å². The lowest BCUT2D eigenvalue weighted by atomic mass is 9.98. The number of rotatable bonds is 11. The lowest BCUT2D eigenvalue weighted by Gasteiger charge is -2.44. The first-order valence-electron chi connectivity index (χ1n) is 14.2. The molecule has 6 atom stereocenters. The molecule has 14 nitrogen and oxygen atoms in total. The highest BCUT2D eigenvalue weighted by Gasteiger charge is 2.52. The quantitative estimate of drug-likeness (QED) is 0.212. The average Bonchev–Trinajstić information content (AvgIpc) is 3.12. The SMILES string of the molecule is CC(=O)OC[C@H]1O[C@H](OCCOC2N=C(c3ccccc3)c3cc(Cl)ccc3NC2=O)[C@H](OC(C)=O)[C@@H](OC(C)=O)[C@@H]1OC(C)=O. The van der Waals surface area contributed by atoms with E-state index in [-0.39, 0.29) is 13.2 Å². The molecule has 246 valence electrons. The van der Waals surface area contributed by atoms with Gasteiger partial charge in [-0.25, -0.2) is 4.99 Å². The van der Waals surface area contributed by atoms with Crippen molar-refractivity contribution in [2.75, 3.05) is 25.1 Å². The number of anilines is 1. The maximum Gasteiger partial charge on any atom is 0.303 e. The van der Waals surface area contributed by atoms with E-state index in [4.69, 9.17) is 44.8 Å². The third-order valence-electron chi connectivity index (χ3n) is 6.60. The monoisotopic (exact) mass is 660 g/mol.